The van der Waals surface area contributed by atoms with E-state index in [-0.39, 0.29) is 37.0 Å². The van der Waals surface area contributed by atoms with Crippen molar-refractivity contribution >= 4 is 40.0 Å². The molecule has 182 valence electrons. The van der Waals surface area contributed by atoms with E-state index in [9.17, 15) is 19.5 Å². The highest BCUT2D eigenvalue weighted by molar-refractivity contribution is 7.13. The van der Waals surface area contributed by atoms with Gasteiger partial charge in [0.1, 0.15) is 0 Å². The first-order valence-electron chi connectivity index (χ1n) is 11.7. The standard InChI is InChI=1S/C25H27N5O4S/c31-21-15-28(11-12-30(21)16-22(32)29-9-7-26-8-10-29)14-18-23(25(33)34)17-4-1-2-5-19(17)27-24(18)20-6-3-13-35-20/h1-6,13,26H,7-12,14-16H2,(H,33,34). The Bertz CT molecular complexity index is 1260. The number of amides is 2. The lowest BCUT2D eigenvalue weighted by atomic mass is 9.98. The number of carbonyl (C=O) groups is 3. The van der Waals surface area contributed by atoms with E-state index >= 15 is 0 Å². The minimum atomic E-state index is -1.01. The summed E-state index contributed by atoms with van der Waals surface area (Å²) in [6, 6.07) is 11.1. The second kappa shape index (κ2) is 10.1. The molecule has 35 heavy (non-hydrogen) atoms. The van der Waals surface area contributed by atoms with Gasteiger partial charge in [-0.1, -0.05) is 24.3 Å². The highest BCUT2D eigenvalue weighted by atomic mass is 32.1. The fraction of sp³-hybridized carbons (Fsp3) is 0.360. The number of thiophene rings is 1. The fourth-order valence-electron chi connectivity index (χ4n) is 4.73. The van der Waals surface area contributed by atoms with Crippen LogP contribution in [0.15, 0.2) is 41.8 Å². The van der Waals surface area contributed by atoms with E-state index in [1.165, 1.54) is 11.3 Å². The van der Waals surface area contributed by atoms with Gasteiger partial charge in [-0.15, -0.1) is 11.3 Å². The van der Waals surface area contributed by atoms with Crippen LogP contribution in [0.1, 0.15) is 15.9 Å². The quantitative estimate of drug-likeness (QED) is 0.539. The molecule has 0 atom stereocenters. The van der Waals surface area contributed by atoms with Gasteiger partial charge in [0.2, 0.25) is 11.8 Å². The molecule has 0 bridgehead atoms. The molecule has 0 unspecified atom stereocenters. The summed E-state index contributed by atoms with van der Waals surface area (Å²) >= 11 is 1.51. The number of hydrogen-bond acceptors (Lipinski definition) is 7. The summed E-state index contributed by atoms with van der Waals surface area (Å²) in [4.78, 5) is 49.0. The summed E-state index contributed by atoms with van der Waals surface area (Å²) < 4.78 is 0. The number of fused-ring (bicyclic) bond motifs is 1. The third kappa shape index (κ3) is 4.90. The first kappa shape index (κ1) is 23.4. The maximum absolute atomic E-state index is 12.9. The average molecular weight is 494 g/mol. The fourth-order valence-corrected chi connectivity index (χ4v) is 5.47. The SMILES string of the molecule is O=C(O)c1c(CN2CCN(CC(=O)N3CCNCC3)C(=O)C2)c(-c2cccs2)nc2ccccc12. The summed E-state index contributed by atoms with van der Waals surface area (Å²) in [6.07, 6.45) is 0. The summed E-state index contributed by atoms with van der Waals surface area (Å²) in [5.74, 6) is -1.16. The number of nitrogens with zero attached hydrogens (tertiary/aromatic N) is 4. The van der Waals surface area contributed by atoms with Gasteiger partial charge in [0.25, 0.3) is 0 Å². The van der Waals surface area contributed by atoms with Crippen LogP contribution in [-0.4, -0.2) is 94.9 Å². The van der Waals surface area contributed by atoms with E-state index in [0.29, 0.717) is 48.3 Å². The van der Waals surface area contributed by atoms with Crippen molar-refractivity contribution in [2.75, 3.05) is 52.4 Å². The summed E-state index contributed by atoms with van der Waals surface area (Å²) in [5, 5.41) is 15.9. The number of aromatic nitrogens is 1. The molecule has 0 spiro atoms. The van der Waals surface area contributed by atoms with Crippen molar-refractivity contribution in [2.45, 2.75) is 6.54 Å². The summed E-state index contributed by atoms with van der Waals surface area (Å²) in [5.41, 5.74) is 2.10. The smallest absolute Gasteiger partial charge is 0.336 e. The highest BCUT2D eigenvalue weighted by Crippen LogP contribution is 2.33. The van der Waals surface area contributed by atoms with Crippen LogP contribution in [-0.2, 0) is 16.1 Å². The number of hydrogen-bond donors (Lipinski definition) is 2. The van der Waals surface area contributed by atoms with Crippen molar-refractivity contribution in [1.82, 2.24) is 25.0 Å². The van der Waals surface area contributed by atoms with Gasteiger partial charge in [0, 0.05) is 56.8 Å². The zero-order valence-electron chi connectivity index (χ0n) is 19.3. The highest BCUT2D eigenvalue weighted by Gasteiger charge is 2.30. The minimum Gasteiger partial charge on any atom is -0.478 e. The van der Waals surface area contributed by atoms with Crippen molar-refractivity contribution in [3.63, 3.8) is 0 Å². The third-order valence-corrected chi connectivity index (χ3v) is 7.41. The Kier molecular flexibility index (Phi) is 6.76. The number of benzene rings is 1. The van der Waals surface area contributed by atoms with Crippen molar-refractivity contribution < 1.29 is 19.5 Å². The Morgan fingerprint density at radius 2 is 1.86 bits per heavy atom. The van der Waals surface area contributed by atoms with Crippen LogP contribution in [0.25, 0.3) is 21.5 Å². The number of piperazine rings is 2. The zero-order valence-corrected chi connectivity index (χ0v) is 20.1. The Labute approximate surface area is 207 Å². The van der Waals surface area contributed by atoms with Crippen LogP contribution in [0.5, 0.6) is 0 Å². The van der Waals surface area contributed by atoms with Gasteiger partial charge in [-0.2, -0.15) is 0 Å². The van der Waals surface area contributed by atoms with Crippen molar-refractivity contribution in [1.29, 1.82) is 0 Å². The zero-order chi connectivity index (χ0) is 24.4. The first-order valence-corrected chi connectivity index (χ1v) is 12.6. The molecule has 3 aromatic rings. The first-order chi connectivity index (χ1) is 17.0. The van der Waals surface area contributed by atoms with Crippen LogP contribution < -0.4 is 5.32 Å². The van der Waals surface area contributed by atoms with Gasteiger partial charge in [-0.05, 0) is 17.5 Å². The third-order valence-electron chi connectivity index (χ3n) is 6.54. The van der Waals surface area contributed by atoms with Crippen LogP contribution in [0.4, 0.5) is 0 Å². The van der Waals surface area contributed by atoms with Crippen LogP contribution in [0, 0.1) is 0 Å². The maximum Gasteiger partial charge on any atom is 0.336 e. The molecule has 9 nitrogen and oxygen atoms in total. The molecule has 1 aromatic carbocycles. The molecule has 2 amide bonds. The van der Waals surface area contributed by atoms with Crippen molar-refractivity contribution in [2.24, 2.45) is 0 Å². The van der Waals surface area contributed by atoms with Crippen LogP contribution in [0.3, 0.4) is 0 Å². The van der Waals surface area contributed by atoms with E-state index in [4.69, 9.17) is 4.98 Å². The predicted molar refractivity (Wildman–Crippen MR) is 133 cm³/mol. The topological polar surface area (TPSA) is 106 Å². The molecule has 2 saturated heterocycles. The normalized spacial score (nSPS) is 17.2. The van der Waals surface area contributed by atoms with E-state index in [0.717, 1.165) is 18.0 Å². The Morgan fingerprint density at radius 1 is 1.06 bits per heavy atom. The Morgan fingerprint density at radius 3 is 2.57 bits per heavy atom. The Hall–Kier alpha value is -3.34. The molecule has 2 aromatic heterocycles. The van der Waals surface area contributed by atoms with E-state index in [2.05, 4.69) is 5.32 Å². The average Bonchev–Trinajstić information content (AvgIpc) is 3.40. The number of rotatable bonds is 6. The van der Waals surface area contributed by atoms with Crippen LogP contribution >= 0.6 is 11.3 Å². The lowest BCUT2D eigenvalue weighted by molar-refractivity contribution is -0.144. The molecule has 5 rings (SSSR count). The van der Waals surface area contributed by atoms with Gasteiger partial charge >= 0.3 is 5.97 Å². The van der Waals surface area contributed by atoms with Gasteiger partial charge in [-0.25, -0.2) is 9.78 Å². The number of aromatic carboxylic acids is 1. The lowest BCUT2D eigenvalue weighted by Crippen LogP contribution is -2.55. The number of carboxylic acid groups (broad SMARTS) is 1. The summed E-state index contributed by atoms with van der Waals surface area (Å²) in [7, 11) is 0. The lowest BCUT2D eigenvalue weighted by Gasteiger charge is -2.36. The summed E-state index contributed by atoms with van der Waals surface area (Å²) in [6.45, 7) is 4.34. The largest absolute Gasteiger partial charge is 0.478 e. The van der Waals surface area contributed by atoms with E-state index in [1.54, 1.807) is 15.9 Å². The molecule has 2 aliphatic heterocycles. The number of carboxylic acids is 1. The molecule has 0 radical (unpaired) electrons. The van der Waals surface area contributed by atoms with Gasteiger partial charge < -0.3 is 20.2 Å². The predicted octanol–water partition coefficient (Wildman–Crippen LogP) is 1.74. The molecule has 2 aliphatic rings. The second-order valence-electron chi connectivity index (χ2n) is 8.77. The Balaban J connectivity index is 1.38. The van der Waals surface area contributed by atoms with Gasteiger partial charge in [0.05, 0.1) is 34.7 Å². The van der Waals surface area contributed by atoms with Gasteiger partial charge in [-0.3, -0.25) is 14.5 Å². The molecule has 0 aliphatic carbocycles. The number of para-hydroxylation sites is 1. The molecule has 0 saturated carbocycles. The van der Waals surface area contributed by atoms with Gasteiger partial charge in [0.15, 0.2) is 0 Å². The molecule has 4 heterocycles. The number of pyridine rings is 1. The van der Waals surface area contributed by atoms with E-state index in [1.807, 2.05) is 40.6 Å². The number of nitrogens with one attached hydrogen (secondary N) is 1. The van der Waals surface area contributed by atoms with E-state index < -0.39 is 5.97 Å². The minimum absolute atomic E-state index is 0.0276. The molecular formula is C25H27N5O4S. The van der Waals surface area contributed by atoms with Crippen molar-refractivity contribution in [3.8, 4) is 10.6 Å². The molecule has 2 fully saturated rings. The molecule has 2 N–H and O–H groups in total. The molecule has 10 heteroatoms. The number of carbonyl (C=O) groups excluding carboxylic acids is 2. The maximum atomic E-state index is 12.9. The van der Waals surface area contributed by atoms with Crippen LogP contribution in [0.2, 0.25) is 0 Å². The molecular weight excluding hydrogens is 466 g/mol. The second-order valence-corrected chi connectivity index (χ2v) is 9.72. The monoisotopic (exact) mass is 493 g/mol. The van der Waals surface area contributed by atoms with Crippen molar-refractivity contribution in [3.05, 3.63) is 52.9 Å².